The lowest BCUT2D eigenvalue weighted by molar-refractivity contribution is -0.0158. The summed E-state index contributed by atoms with van der Waals surface area (Å²) in [6.07, 6.45) is 4.07. The van der Waals surface area contributed by atoms with Crippen molar-refractivity contribution in [2.24, 2.45) is 0 Å². The smallest absolute Gasteiger partial charge is 0.223 e. The van der Waals surface area contributed by atoms with Gasteiger partial charge in [-0.05, 0) is 24.4 Å². The van der Waals surface area contributed by atoms with Crippen LogP contribution in [0.15, 0.2) is 6.20 Å². The number of likely N-dealkylation sites (tertiary alicyclic amines) is 1. The molecule has 0 N–H and O–H groups in total. The van der Waals surface area contributed by atoms with Crippen LogP contribution in [-0.4, -0.2) is 54.4 Å². The molecule has 1 aromatic rings. The second kappa shape index (κ2) is 8.10. The number of piperidine rings is 1. The van der Waals surface area contributed by atoms with E-state index in [9.17, 15) is 0 Å². The molecule has 2 rings (SSSR count). The van der Waals surface area contributed by atoms with Crippen LogP contribution in [0.1, 0.15) is 18.4 Å². The minimum Gasteiger partial charge on any atom is -0.382 e. The summed E-state index contributed by atoms with van der Waals surface area (Å²) in [5.41, 5.74) is 0.912. The molecule has 2 heterocycles. The van der Waals surface area contributed by atoms with Crippen LogP contribution in [0.3, 0.4) is 0 Å². The van der Waals surface area contributed by atoms with Gasteiger partial charge in [0.15, 0.2) is 0 Å². The molecule has 1 aliphatic heterocycles. The van der Waals surface area contributed by atoms with Gasteiger partial charge in [0, 0.05) is 38.5 Å². The van der Waals surface area contributed by atoms with Gasteiger partial charge in [0.2, 0.25) is 5.28 Å². The minimum atomic E-state index is 0.184. The molecule has 1 saturated heterocycles. The van der Waals surface area contributed by atoms with Gasteiger partial charge in [-0.2, -0.15) is 0 Å². The van der Waals surface area contributed by atoms with E-state index in [-0.39, 0.29) is 5.28 Å². The number of nitrogens with zero attached hydrogens (tertiary/aromatic N) is 3. The zero-order valence-corrected chi connectivity index (χ0v) is 13.0. The molecule has 20 heavy (non-hydrogen) atoms. The molecule has 0 unspecified atom stereocenters. The highest BCUT2D eigenvalue weighted by molar-refractivity contribution is 6.32. The Morgan fingerprint density at radius 2 is 2.05 bits per heavy atom. The largest absolute Gasteiger partial charge is 0.382 e. The Kier molecular flexibility index (Phi) is 6.45. The summed E-state index contributed by atoms with van der Waals surface area (Å²) in [6.45, 7) is 4.03. The van der Waals surface area contributed by atoms with Crippen molar-refractivity contribution in [2.45, 2.75) is 25.5 Å². The van der Waals surface area contributed by atoms with Gasteiger partial charge in [0.25, 0.3) is 0 Å². The van der Waals surface area contributed by atoms with Crippen molar-refractivity contribution in [3.8, 4) is 0 Å². The van der Waals surface area contributed by atoms with Crippen LogP contribution in [0.5, 0.6) is 0 Å². The third-order valence-electron chi connectivity index (χ3n) is 3.35. The van der Waals surface area contributed by atoms with Crippen LogP contribution in [0, 0.1) is 0 Å². The maximum absolute atomic E-state index is 6.06. The summed E-state index contributed by atoms with van der Waals surface area (Å²) in [7, 11) is 1.68. The summed E-state index contributed by atoms with van der Waals surface area (Å²) in [5, 5.41) is 0.618. The summed E-state index contributed by atoms with van der Waals surface area (Å²) < 4.78 is 10.7. The maximum Gasteiger partial charge on any atom is 0.223 e. The number of hydrogen-bond donors (Lipinski definition) is 0. The van der Waals surface area contributed by atoms with E-state index < -0.39 is 0 Å². The number of ether oxygens (including phenoxy) is 2. The van der Waals surface area contributed by atoms with Crippen LogP contribution >= 0.6 is 23.2 Å². The van der Waals surface area contributed by atoms with E-state index in [2.05, 4.69) is 14.9 Å². The third-order valence-corrected chi connectivity index (χ3v) is 3.86. The molecule has 1 aliphatic rings. The first-order chi connectivity index (χ1) is 9.69. The van der Waals surface area contributed by atoms with Crippen molar-refractivity contribution in [2.75, 3.05) is 33.4 Å². The molecule has 0 spiro atoms. The number of hydrogen-bond acceptors (Lipinski definition) is 5. The van der Waals surface area contributed by atoms with Crippen molar-refractivity contribution in [3.63, 3.8) is 0 Å². The predicted molar refractivity (Wildman–Crippen MR) is 78.2 cm³/mol. The third kappa shape index (κ3) is 4.82. The van der Waals surface area contributed by atoms with Crippen LogP contribution in [-0.2, 0) is 16.0 Å². The number of methoxy groups -OCH3 is 1. The van der Waals surface area contributed by atoms with E-state index in [1.54, 1.807) is 13.3 Å². The lowest BCUT2D eigenvalue weighted by atomic mass is 10.1. The summed E-state index contributed by atoms with van der Waals surface area (Å²) in [4.78, 5) is 10.3. The lowest BCUT2D eigenvalue weighted by Crippen LogP contribution is -2.37. The van der Waals surface area contributed by atoms with Gasteiger partial charge < -0.3 is 9.47 Å². The quantitative estimate of drug-likeness (QED) is 0.458. The van der Waals surface area contributed by atoms with Gasteiger partial charge in [-0.1, -0.05) is 11.6 Å². The van der Waals surface area contributed by atoms with Crippen molar-refractivity contribution >= 4 is 23.2 Å². The maximum atomic E-state index is 6.06. The Balaban J connectivity index is 1.76. The second-order valence-electron chi connectivity index (χ2n) is 4.79. The molecule has 0 aromatic carbocycles. The molecule has 0 amide bonds. The molecule has 7 heteroatoms. The van der Waals surface area contributed by atoms with Gasteiger partial charge in [-0.25, -0.2) is 9.97 Å². The van der Waals surface area contributed by atoms with Crippen molar-refractivity contribution < 1.29 is 9.47 Å². The summed E-state index contributed by atoms with van der Waals surface area (Å²) in [5.74, 6) is 0. The molecule has 0 radical (unpaired) electrons. The normalized spacial score (nSPS) is 17.6. The second-order valence-corrected chi connectivity index (χ2v) is 5.49. The standard InChI is InChI=1S/C13H19Cl2N3O2/c1-19-6-7-20-11-2-4-18(5-3-11)9-10-8-16-13(15)17-12(10)14/h8,11H,2-7,9H2,1H3. The Morgan fingerprint density at radius 3 is 2.70 bits per heavy atom. The molecule has 0 bridgehead atoms. The van der Waals surface area contributed by atoms with Gasteiger partial charge in [0.1, 0.15) is 5.15 Å². The first-order valence-electron chi connectivity index (χ1n) is 6.69. The first-order valence-corrected chi connectivity index (χ1v) is 7.44. The summed E-state index contributed by atoms with van der Waals surface area (Å²) >= 11 is 11.8. The Bertz CT molecular complexity index is 426. The molecular formula is C13H19Cl2N3O2. The fourth-order valence-electron chi connectivity index (χ4n) is 2.25. The monoisotopic (exact) mass is 319 g/mol. The topological polar surface area (TPSA) is 47.5 Å². The van der Waals surface area contributed by atoms with E-state index in [1.807, 2.05) is 0 Å². The average molecular weight is 320 g/mol. The van der Waals surface area contributed by atoms with Gasteiger partial charge in [0.05, 0.1) is 19.3 Å². The minimum absolute atomic E-state index is 0.184. The van der Waals surface area contributed by atoms with Crippen molar-refractivity contribution in [1.82, 2.24) is 14.9 Å². The highest BCUT2D eigenvalue weighted by Gasteiger charge is 2.20. The SMILES string of the molecule is COCCOC1CCN(Cc2cnc(Cl)nc2Cl)CC1. The van der Waals surface area contributed by atoms with Crippen LogP contribution in [0.4, 0.5) is 0 Å². The van der Waals surface area contributed by atoms with Gasteiger partial charge in [-0.3, -0.25) is 4.90 Å². The van der Waals surface area contributed by atoms with E-state index in [0.29, 0.717) is 24.5 Å². The first kappa shape index (κ1) is 15.9. The van der Waals surface area contributed by atoms with E-state index >= 15 is 0 Å². The molecule has 112 valence electrons. The fraction of sp³-hybridized carbons (Fsp3) is 0.692. The van der Waals surface area contributed by atoms with E-state index in [1.165, 1.54) is 0 Å². The lowest BCUT2D eigenvalue weighted by Gasteiger charge is -2.31. The average Bonchev–Trinajstić information content (AvgIpc) is 2.44. The molecule has 0 saturated carbocycles. The zero-order valence-electron chi connectivity index (χ0n) is 11.5. The number of rotatable bonds is 6. The van der Waals surface area contributed by atoms with E-state index in [4.69, 9.17) is 32.7 Å². The Hall–Kier alpha value is -0.460. The molecular weight excluding hydrogens is 301 g/mol. The van der Waals surface area contributed by atoms with Crippen LogP contribution < -0.4 is 0 Å². The summed E-state index contributed by atoms with van der Waals surface area (Å²) in [6, 6.07) is 0. The van der Waals surface area contributed by atoms with Crippen LogP contribution in [0.2, 0.25) is 10.4 Å². The van der Waals surface area contributed by atoms with Crippen LogP contribution in [0.25, 0.3) is 0 Å². The Labute approximate surface area is 129 Å². The fourth-order valence-corrected chi connectivity index (χ4v) is 2.61. The Morgan fingerprint density at radius 1 is 1.30 bits per heavy atom. The molecule has 0 atom stereocenters. The molecule has 0 aliphatic carbocycles. The van der Waals surface area contributed by atoms with E-state index in [0.717, 1.165) is 38.0 Å². The zero-order chi connectivity index (χ0) is 14.4. The van der Waals surface area contributed by atoms with Crippen molar-refractivity contribution in [3.05, 3.63) is 22.2 Å². The molecule has 5 nitrogen and oxygen atoms in total. The predicted octanol–water partition coefficient (Wildman–Crippen LogP) is 2.41. The molecule has 1 fully saturated rings. The number of halogens is 2. The number of aromatic nitrogens is 2. The van der Waals surface area contributed by atoms with Crippen molar-refractivity contribution in [1.29, 1.82) is 0 Å². The van der Waals surface area contributed by atoms with Gasteiger partial charge in [-0.15, -0.1) is 0 Å². The van der Waals surface area contributed by atoms with Gasteiger partial charge >= 0.3 is 0 Å². The molecule has 1 aromatic heterocycles. The highest BCUT2D eigenvalue weighted by atomic mass is 35.5. The highest BCUT2D eigenvalue weighted by Crippen LogP contribution is 2.20.